The minimum Gasteiger partial charge on any atom is -0.456 e. The van der Waals surface area contributed by atoms with Gasteiger partial charge >= 0.3 is 0 Å². The molecule has 0 amide bonds. The topological polar surface area (TPSA) is 26.3 Å². The van der Waals surface area contributed by atoms with Crippen molar-refractivity contribution in [3.8, 4) is 89.0 Å². The Hall–Kier alpha value is -14.7. The van der Waals surface area contributed by atoms with Crippen LogP contribution in [0.15, 0.2) is 421 Å². The molecule has 1 aliphatic rings. The van der Waals surface area contributed by atoms with Gasteiger partial charge in [0.05, 0.1) is 13.7 Å². The highest BCUT2D eigenvalue weighted by Crippen LogP contribution is 2.57. The molecule has 0 unspecified atom stereocenters. The molecule has 2 heterocycles. The lowest BCUT2D eigenvalue weighted by molar-refractivity contribution is 0.667. The lowest BCUT2D eigenvalue weighted by atomic mass is 9.78. The Balaban J connectivity index is 0.000000113. The maximum Gasteiger partial charge on any atom is 0.143 e. The van der Waals surface area contributed by atoms with E-state index in [4.69, 9.17) is 22.5 Å². The Morgan fingerprint density at radius 1 is 0.209 bits per heavy atom. The number of hydrogen-bond acceptors (Lipinski definition) is 2. The van der Waals surface area contributed by atoms with E-state index in [1.165, 1.54) is 126 Å². The van der Waals surface area contributed by atoms with Crippen molar-refractivity contribution in [1.82, 2.24) is 0 Å². The van der Waals surface area contributed by atoms with Gasteiger partial charge in [0.25, 0.3) is 0 Å². The SMILES string of the molecule is CC1(C)c2cc(-c3c4ccccc4c(-c4ccccc4)c4ccccc34)c3ccccc3c2-c2ccc3ccccc3c21.[2H]c1c([2H])c([2H])c(-c2ccc3oc4ccc(-c5c6ccccc6c(-c6c([2H])c([2H])c([2H])c([2H])c6[2H])c6ccccc56)cc4c3c2)c([2H])c1[2H].c1ccc(-c2c3ccccc3c(-c3cccc4c3oc3ccccc34)c3ccccc23)cc1. The van der Waals surface area contributed by atoms with Gasteiger partial charge in [-0.2, -0.15) is 0 Å². The average molecular weight is 1470 g/mol. The first-order chi connectivity index (χ1) is 61.0. The lowest BCUT2D eigenvalue weighted by Crippen LogP contribution is -2.15. The summed E-state index contributed by atoms with van der Waals surface area (Å²) in [5.41, 5.74) is 21.6. The van der Waals surface area contributed by atoms with E-state index in [0.29, 0.717) is 27.7 Å². The van der Waals surface area contributed by atoms with Crippen LogP contribution in [0.3, 0.4) is 0 Å². The molecule has 0 bridgehead atoms. The summed E-state index contributed by atoms with van der Waals surface area (Å²) < 4.78 is 96.4. The van der Waals surface area contributed by atoms with E-state index < -0.39 is 36.3 Å². The average Bonchev–Trinajstić information content (AvgIpc) is 1.08. The van der Waals surface area contributed by atoms with E-state index in [-0.39, 0.29) is 40.7 Å². The van der Waals surface area contributed by atoms with Crippen molar-refractivity contribution in [1.29, 1.82) is 0 Å². The van der Waals surface area contributed by atoms with Gasteiger partial charge in [-0.15, -0.1) is 0 Å². The fourth-order valence-corrected chi connectivity index (χ4v) is 18.8. The van der Waals surface area contributed by atoms with E-state index in [1.54, 1.807) is 18.2 Å². The van der Waals surface area contributed by atoms with E-state index in [9.17, 15) is 0 Å². The molecule has 0 fully saturated rings. The second-order valence-electron chi connectivity index (χ2n) is 30.3. The molecule has 0 saturated carbocycles. The van der Waals surface area contributed by atoms with Crippen molar-refractivity contribution in [3.05, 3.63) is 423 Å². The van der Waals surface area contributed by atoms with Crippen molar-refractivity contribution in [3.63, 3.8) is 0 Å². The Morgan fingerprint density at radius 2 is 0.574 bits per heavy atom. The highest BCUT2D eigenvalue weighted by Gasteiger charge is 2.39. The molecule has 0 N–H and O–H groups in total. The zero-order valence-electron chi connectivity index (χ0n) is 72.8. The van der Waals surface area contributed by atoms with E-state index in [1.807, 2.05) is 78.9 Å². The Kier molecular flexibility index (Phi) is 13.6. The fraction of sp³-hybridized carbons (Fsp3) is 0.0265. The van der Waals surface area contributed by atoms with Crippen molar-refractivity contribution in [2.24, 2.45) is 0 Å². The molecular weight excluding hydrogens is 1390 g/mol. The van der Waals surface area contributed by atoms with Gasteiger partial charge in [-0.25, -0.2) is 0 Å². The van der Waals surface area contributed by atoms with Crippen LogP contribution < -0.4 is 0 Å². The van der Waals surface area contributed by atoms with E-state index >= 15 is 0 Å². The minimum absolute atomic E-state index is 0.110. The highest BCUT2D eigenvalue weighted by atomic mass is 16.3. The summed E-state index contributed by atoms with van der Waals surface area (Å²) in [5.74, 6) is 0. The summed E-state index contributed by atoms with van der Waals surface area (Å²) in [7, 11) is 0. The molecule has 2 nitrogen and oxygen atoms in total. The first kappa shape index (κ1) is 57.4. The summed E-state index contributed by atoms with van der Waals surface area (Å²) in [4.78, 5) is 0. The molecule has 24 rings (SSSR count). The third kappa shape index (κ3) is 10.9. The summed E-state index contributed by atoms with van der Waals surface area (Å²) in [6.07, 6.45) is 0. The maximum atomic E-state index is 8.79. The molecule has 0 atom stereocenters. The Morgan fingerprint density at radius 3 is 1.08 bits per heavy atom. The van der Waals surface area contributed by atoms with Crippen molar-refractivity contribution in [2.75, 3.05) is 0 Å². The molecule has 0 aliphatic heterocycles. The summed E-state index contributed by atoms with van der Waals surface area (Å²) in [5, 5.41) is 22.4. The van der Waals surface area contributed by atoms with Gasteiger partial charge < -0.3 is 8.83 Å². The molecule has 2 heteroatoms. The number of fused-ring (bicyclic) bond motifs is 19. The van der Waals surface area contributed by atoms with Gasteiger partial charge in [0.1, 0.15) is 22.3 Å². The molecule has 0 saturated heterocycles. The molecule has 0 spiro atoms. The quantitative estimate of drug-likeness (QED) is 0.149. The number of hydrogen-bond donors (Lipinski definition) is 0. The molecule has 23 aromatic rings. The smallest absolute Gasteiger partial charge is 0.143 e. The van der Waals surface area contributed by atoms with E-state index in [2.05, 4.69) is 269 Å². The van der Waals surface area contributed by atoms with E-state index in [0.717, 1.165) is 65.6 Å². The molecule has 115 heavy (non-hydrogen) atoms. The standard InChI is InChI=1S/C43H30.C38H24O.C32H20O/c1-43(2)38-26-37(30-18-8-9-19-31(30)41(38)36-25-24-27-14-6-7-17-29(27)42(36)43)40-34-22-12-10-20-32(34)39(28-15-4-3-5-16-28)33-21-11-13-23-35(33)40;1-3-11-25(12-4-1)27-19-21-35-33(23-27)34-24-28(20-22-36(34)39-35)38-31-17-9-7-15-29(31)37(26-13-5-2-6-14-26)30-16-8-10-18-32(30)38;1-2-11-21(12-3-1)30-23-14-4-6-16-25(23)31(26-17-7-5-15-24(26)30)28-19-10-18-27-22-13-8-9-20-29(22)33-32(27)28/h3-26H,1-2H3;1-24H;1-20H/i;1D,2D,3D,4D,5D,6D,11D,12D,13D,14D;. The van der Waals surface area contributed by atoms with Crippen LogP contribution in [0.1, 0.15) is 38.7 Å². The minimum atomic E-state index is -0.449. The van der Waals surface area contributed by atoms with Gasteiger partial charge in [-0.1, -0.05) is 390 Å². The molecule has 1 aliphatic carbocycles. The normalized spacial score (nSPS) is 13.5. The van der Waals surface area contributed by atoms with Gasteiger partial charge in [0.2, 0.25) is 0 Å². The van der Waals surface area contributed by atoms with Crippen molar-refractivity contribution < 1.29 is 22.5 Å². The van der Waals surface area contributed by atoms with Crippen LogP contribution in [-0.2, 0) is 5.41 Å². The fourth-order valence-electron chi connectivity index (χ4n) is 18.8. The summed E-state index contributed by atoms with van der Waals surface area (Å²) in [6, 6.07) is 120. The second-order valence-corrected chi connectivity index (χ2v) is 30.3. The van der Waals surface area contributed by atoms with Gasteiger partial charge in [-0.3, -0.25) is 0 Å². The number of rotatable bonds is 7. The molecule has 538 valence electrons. The molecule has 0 radical (unpaired) electrons. The van der Waals surface area contributed by atoms with Crippen LogP contribution in [0.4, 0.5) is 0 Å². The first-order valence-electron chi connectivity index (χ1n) is 44.0. The zero-order valence-corrected chi connectivity index (χ0v) is 62.8. The van der Waals surface area contributed by atoms with Crippen molar-refractivity contribution in [2.45, 2.75) is 19.3 Å². The Labute approximate surface area is 680 Å². The van der Waals surface area contributed by atoms with Gasteiger partial charge in [-0.05, 0) is 212 Å². The highest BCUT2D eigenvalue weighted by molar-refractivity contribution is 6.28. The molecule has 21 aromatic carbocycles. The third-order valence-electron chi connectivity index (χ3n) is 23.7. The van der Waals surface area contributed by atoms with Crippen LogP contribution in [-0.4, -0.2) is 0 Å². The number of para-hydroxylation sites is 2. The maximum absolute atomic E-state index is 8.79. The number of benzene rings is 21. The summed E-state index contributed by atoms with van der Waals surface area (Å²) in [6.45, 7) is 4.83. The van der Waals surface area contributed by atoms with Crippen LogP contribution >= 0.6 is 0 Å². The summed E-state index contributed by atoms with van der Waals surface area (Å²) >= 11 is 0. The van der Waals surface area contributed by atoms with Crippen molar-refractivity contribution >= 4 is 130 Å². The van der Waals surface area contributed by atoms with Gasteiger partial charge in [0, 0.05) is 38.1 Å². The largest absolute Gasteiger partial charge is 0.456 e. The van der Waals surface area contributed by atoms with Crippen LogP contribution in [0.25, 0.3) is 219 Å². The van der Waals surface area contributed by atoms with Crippen LogP contribution in [0, 0.1) is 0 Å². The number of furan rings is 2. The second kappa shape index (κ2) is 27.4. The molecular formula is C113H74O2. The van der Waals surface area contributed by atoms with Gasteiger partial charge in [0.15, 0.2) is 0 Å². The Bertz CT molecular complexity index is 8290. The monoisotopic (exact) mass is 1470 g/mol. The van der Waals surface area contributed by atoms with Crippen LogP contribution in [0.5, 0.6) is 0 Å². The third-order valence-corrected chi connectivity index (χ3v) is 23.7. The molecule has 2 aromatic heterocycles. The lowest BCUT2D eigenvalue weighted by Gasteiger charge is -2.25. The zero-order chi connectivity index (χ0) is 84.9. The van der Waals surface area contributed by atoms with Crippen LogP contribution in [0.2, 0.25) is 0 Å². The predicted octanol–water partition coefficient (Wildman–Crippen LogP) is 32.1. The first-order valence-corrected chi connectivity index (χ1v) is 39.0. The predicted molar refractivity (Wildman–Crippen MR) is 490 cm³/mol.